The summed E-state index contributed by atoms with van der Waals surface area (Å²) in [5, 5.41) is 19.8. The highest BCUT2D eigenvalue weighted by Crippen LogP contribution is 2.23. The molecule has 3 atom stereocenters. The predicted molar refractivity (Wildman–Crippen MR) is 88.3 cm³/mol. The number of benzene rings is 1. The third kappa shape index (κ3) is 4.45. The van der Waals surface area contributed by atoms with Crippen LogP contribution in [-0.2, 0) is 0 Å². The van der Waals surface area contributed by atoms with Crippen molar-refractivity contribution in [1.82, 2.24) is 4.90 Å². The lowest BCUT2D eigenvalue weighted by molar-refractivity contribution is -0.00121. The number of hydrogen-bond acceptors (Lipinski definition) is 4. The summed E-state index contributed by atoms with van der Waals surface area (Å²) in [6.45, 7) is 7.21. The van der Waals surface area contributed by atoms with Crippen LogP contribution in [0.1, 0.15) is 37.3 Å². The van der Waals surface area contributed by atoms with E-state index in [-0.39, 0.29) is 19.3 Å². The monoisotopic (exact) mass is 307 g/mol. The lowest BCUT2D eigenvalue weighted by Crippen LogP contribution is -2.51. The van der Waals surface area contributed by atoms with E-state index in [0.717, 1.165) is 36.1 Å². The number of ether oxygens (including phenoxy) is 1. The maximum absolute atomic E-state index is 10.3. The van der Waals surface area contributed by atoms with E-state index < -0.39 is 6.10 Å². The molecule has 2 N–H and O–H groups in total. The zero-order chi connectivity index (χ0) is 16.1. The Morgan fingerprint density at radius 2 is 2.09 bits per heavy atom. The second kappa shape index (κ2) is 7.95. The molecule has 4 heteroatoms. The van der Waals surface area contributed by atoms with Crippen LogP contribution < -0.4 is 4.74 Å². The lowest BCUT2D eigenvalue weighted by Gasteiger charge is -2.40. The molecule has 22 heavy (non-hydrogen) atoms. The van der Waals surface area contributed by atoms with Crippen molar-refractivity contribution in [3.05, 3.63) is 29.3 Å². The normalized spacial score (nSPS) is 24.2. The molecule has 0 bridgehead atoms. The van der Waals surface area contributed by atoms with Gasteiger partial charge >= 0.3 is 0 Å². The number of aliphatic hydroxyl groups excluding tert-OH is 2. The fourth-order valence-electron chi connectivity index (χ4n) is 3.21. The number of likely N-dealkylation sites (tertiary alicyclic amines) is 1. The van der Waals surface area contributed by atoms with Gasteiger partial charge in [-0.1, -0.05) is 18.6 Å². The van der Waals surface area contributed by atoms with Crippen LogP contribution in [0.5, 0.6) is 5.75 Å². The standard InChI is InChI=1S/C18H29NO3/c1-13-7-8-14(2)18(9-13)22-12-17(21)10-19-15(3)5-4-6-16(19)11-20/h7-9,15-17,20-21H,4-6,10-12H2,1-3H3. The van der Waals surface area contributed by atoms with E-state index in [2.05, 4.69) is 17.9 Å². The Labute approximate surface area is 133 Å². The molecule has 0 radical (unpaired) electrons. The maximum Gasteiger partial charge on any atom is 0.122 e. The Bertz CT molecular complexity index is 477. The molecule has 0 aliphatic carbocycles. The van der Waals surface area contributed by atoms with Crippen LogP contribution in [0.25, 0.3) is 0 Å². The Morgan fingerprint density at radius 1 is 1.32 bits per heavy atom. The molecule has 0 saturated carbocycles. The second-order valence-electron chi connectivity index (χ2n) is 6.55. The van der Waals surface area contributed by atoms with Gasteiger partial charge in [0.1, 0.15) is 18.5 Å². The molecule has 0 aromatic heterocycles. The number of aliphatic hydroxyl groups is 2. The minimum atomic E-state index is -0.547. The van der Waals surface area contributed by atoms with E-state index in [0.29, 0.717) is 12.6 Å². The van der Waals surface area contributed by atoms with E-state index in [4.69, 9.17) is 4.74 Å². The summed E-state index contributed by atoms with van der Waals surface area (Å²) < 4.78 is 5.79. The second-order valence-corrected chi connectivity index (χ2v) is 6.55. The summed E-state index contributed by atoms with van der Waals surface area (Å²) >= 11 is 0. The molecular weight excluding hydrogens is 278 g/mol. The molecule has 1 saturated heterocycles. The minimum Gasteiger partial charge on any atom is -0.491 e. The summed E-state index contributed by atoms with van der Waals surface area (Å²) in [5.74, 6) is 0.837. The number of hydrogen-bond donors (Lipinski definition) is 2. The van der Waals surface area contributed by atoms with Crippen molar-refractivity contribution < 1.29 is 14.9 Å². The topological polar surface area (TPSA) is 52.9 Å². The van der Waals surface area contributed by atoms with Crippen molar-refractivity contribution >= 4 is 0 Å². The van der Waals surface area contributed by atoms with Crippen LogP contribution in [0.3, 0.4) is 0 Å². The van der Waals surface area contributed by atoms with Crippen molar-refractivity contribution in [2.24, 2.45) is 0 Å². The SMILES string of the molecule is Cc1ccc(C)c(OCC(O)CN2C(C)CCCC2CO)c1. The molecule has 0 amide bonds. The molecule has 1 aliphatic heterocycles. The third-order valence-electron chi connectivity index (χ3n) is 4.60. The summed E-state index contributed by atoms with van der Waals surface area (Å²) in [6, 6.07) is 6.66. The molecule has 124 valence electrons. The van der Waals surface area contributed by atoms with Gasteiger partial charge in [0.05, 0.1) is 6.61 Å². The van der Waals surface area contributed by atoms with Crippen molar-refractivity contribution in [2.45, 2.75) is 58.2 Å². The number of β-amino-alcohol motifs (C(OH)–C–C–N with tert-alkyl or cyclic N) is 1. The van der Waals surface area contributed by atoms with Crippen molar-refractivity contribution in [2.75, 3.05) is 19.8 Å². The van der Waals surface area contributed by atoms with E-state index >= 15 is 0 Å². The molecule has 1 aromatic rings. The smallest absolute Gasteiger partial charge is 0.122 e. The van der Waals surface area contributed by atoms with Gasteiger partial charge in [0.15, 0.2) is 0 Å². The first-order chi connectivity index (χ1) is 10.5. The van der Waals surface area contributed by atoms with Crippen molar-refractivity contribution in [3.8, 4) is 5.75 Å². The van der Waals surface area contributed by atoms with Gasteiger partial charge < -0.3 is 14.9 Å². The van der Waals surface area contributed by atoms with Crippen LogP contribution in [0, 0.1) is 13.8 Å². The highest BCUT2D eigenvalue weighted by atomic mass is 16.5. The van der Waals surface area contributed by atoms with Crippen LogP contribution in [0.15, 0.2) is 18.2 Å². The molecule has 4 nitrogen and oxygen atoms in total. The van der Waals surface area contributed by atoms with Crippen LogP contribution in [-0.4, -0.2) is 53.1 Å². The zero-order valence-electron chi connectivity index (χ0n) is 14.0. The third-order valence-corrected chi connectivity index (χ3v) is 4.60. The molecule has 1 aliphatic rings. The van der Waals surface area contributed by atoms with Crippen molar-refractivity contribution in [1.29, 1.82) is 0 Å². The van der Waals surface area contributed by atoms with E-state index in [9.17, 15) is 10.2 Å². The Balaban J connectivity index is 1.89. The zero-order valence-corrected chi connectivity index (χ0v) is 14.0. The average Bonchev–Trinajstić information content (AvgIpc) is 2.50. The van der Waals surface area contributed by atoms with Crippen LogP contribution in [0.4, 0.5) is 0 Å². The number of piperidine rings is 1. The Kier molecular flexibility index (Phi) is 6.24. The number of aryl methyl sites for hydroxylation is 2. The first-order valence-corrected chi connectivity index (χ1v) is 8.26. The van der Waals surface area contributed by atoms with Crippen molar-refractivity contribution in [3.63, 3.8) is 0 Å². The largest absolute Gasteiger partial charge is 0.491 e. The summed E-state index contributed by atoms with van der Waals surface area (Å²) in [7, 11) is 0. The average molecular weight is 307 g/mol. The van der Waals surface area contributed by atoms with E-state index in [1.165, 1.54) is 0 Å². The van der Waals surface area contributed by atoms with Crippen LogP contribution in [0.2, 0.25) is 0 Å². The van der Waals surface area contributed by atoms with Gasteiger partial charge in [0.2, 0.25) is 0 Å². The van der Waals surface area contributed by atoms with E-state index in [1.54, 1.807) is 0 Å². The molecule has 1 fully saturated rings. The maximum atomic E-state index is 10.3. The van der Waals surface area contributed by atoms with E-state index in [1.807, 2.05) is 26.0 Å². The quantitative estimate of drug-likeness (QED) is 0.846. The fourth-order valence-corrected chi connectivity index (χ4v) is 3.21. The highest BCUT2D eigenvalue weighted by Gasteiger charge is 2.28. The van der Waals surface area contributed by atoms with Gasteiger partial charge in [0, 0.05) is 18.6 Å². The minimum absolute atomic E-state index is 0.162. The fraction of sp³-hybridized carbons (Fsp3) is 0.667. The molecule has 1 heterocycles. The van der Waals surface area contributed by atoms with Crippen LogP contribution >= 0.6 is 0 Å². The lowest BCUT2D eigenvalue weighted by atomic mass is 9.96. The molecule has 2 rings (SSSR count). The molecule has 0 spiro atoms. The first kappa shape index (κ1) is 17.3. The Hall–Kier alpha value is -1.10. The van der Waals surface area contributed by atoms with Gasteiger partial charge in [-0.05, 0) is 50.8 Å². The first-order valence-electron chi connectivity index (χ1n) is 8.26. The number of nitrogens with zero attached hydrogens (tertiary/aromatic N) is 1. The predicted octanol–water partition coefficient (Wildman–Crippen LogP) is 2.28. The van der Waals surface area contributed by atoms with Gasteiger partial charge in [-0.2, -0.15) is 0 Å². The summed E-state index contributed by atoms with van der Waals surface area (Å²) in [4.78, 5) is 2.22. The van der Waals surface area contributed by atoms with Gasteiger partial charge in [-0.3, -0.25) is 4.90 Å². The Morgan fingerprint density at radius 3 is 2.82 bits per heavy atom. The van der Waals surface area contributed by atoms with Gasteiger partial charge in [-0.15, -0.1) is 0 Å². The molecule has 3 unspecified atom stereocenters. The summed E-state index contributed by atoms with van der Waals surface area (Å²) in [5.41, 5.74) is 2.23. The van der Waals surface area contributed by atoms with Gasteiger partial charge in [0.25, 0.3) is 0 Å². The highest BCUT2D eigenvalue weighted by molar-refractivity contribution is 5.35. The molecular formula is C18H29NO3. The van der Waals surface area contributed by atoms with Gasteiger partial charge in [-0.25, -0.2) is 0 Å². The molecule has 1 aromatic carbocycles. The number of rotatable bonds is 6. The summed E-state index contributed by atoms with van der Waals surface area (Å²) in [6.07, 6.45) is 2.74.